The van der Waals surface area contributed by atoms with Crippen molar-refractivity contribution in [2.45, 2.75) is 57.6 Å². The van der Waals surface area contributed by atoms with Gasteiger partial charge in [-0.05, 0) is 46.7 Å². The molecule has 2 aromatic carbocycles. The molecule has 0 amide bonds. The predicted octanol–water partition coefficient (Wildman–Crippen LogP) is 7.00. The topological polar surface area (TPSA) is 9.23 Å². The van der Waals surface area contributed by atoms with Crippen molar-refractivity contribution < 1.29 is 4.43 Å². The van der Waals surface area contributed by atoms with Crippen molar-refractivity contribution in [3.05, 3.63) is 83.4 Å². The van der Waals surface area contributed by atoms with Crippen LogP contribution in [0.15, 0.2) is 83.4 Å². The molecule has 1 aliphatic rings. The molecule has 0 heterocycles. The summed E-state index contributed by atoms with van der Waals surface area (Å²) in [5.74, 6) is 0.492. The molecule has 0 unspecified atom stereocenters. The van der Waals surface area contributed by atoms with Gasteiger partial charge in [0.1, 0.15) is 4.49 Å². The highest BCUT2D eigenvalue weighted by molar-refractivity contribution is 6.99. The first-order valence-electron chi connectivity index (χ1n) is 10.8. The summed E-state index contributed by atoms with van der Waals surface area (Å²) in [4.78, 5) is 0. The summed E-state index contributed by atoms with van der Waals surface area (Å²) in [5, 5.41) is 2.70. The molecule has 1 nitrogen and oxygen atoms in total. The maximum atomic E-state index is 7.31. The van der Waals surface area contributed by atoms with E-state index in [0.717, 1.165) is 12.8 Å². The standard InChI is InChI=1S/C26H32Cl2OSi/c1-26(2,3)30(23-15-6-4-7-16-23,24-17-8-5-9-18-24)29-22-14-10-12-21(20-22)13-11-19-25(27)28/h4-9,11,13,15-19,21-22H,10,12,14,20H2,1-3H3/b13-11-/t21-,22-/m0/s1. The zero-order chi connectivity index (χ0) is 21.6. The van der Waals surface area contributed by atoms with Gasteiger partial charge in [0.15, 0.2) is 0 Å². The van der Waals surface area contributed by atoms with Crippen LogP contribution >= 0.6 is 23.2 Å². The zero-order valence-corrected chi connectivity index (χ0v) is 20.7. The average Bonchev–Trinajstić information content (AvgIpc) is 2.72. The molecule has 0 spiro atoms. The van der Waals surface area contributed by atoms with E-state index in [4.69, 9.17) is 27.6 Å². The van der Waals surface area contributed by atoms with Gasteiger partial charge in [0, 0.05) is 6.10 Å². The Morgan fingerprint density at radius 2 is 1.50 bits per heavy atom. The highest BCUT2D eigenvalue weighted by Crippen LogP contribution is 2.40. The Hall–Kier alpha value is -1.32. The summed E-state index contributed by atoms with van der Waals surface area (Å²) in [6, 6.07) is 21.8. The maximum Gasteiger partial charge on any atom is 0.261 e. The summed E-state index contributed by atoms with van der Waals surface area (Å²) in [6.07, 6.45) is 10.7. The molecular weight excluding hydrogens is 427 g/mol. The zero-order valence-electron chi connectivity index (χ0n) is 18.2. The summed E-state index contributed by atoms with van der Waals surface area (Å²) in [7, 11) is -2.49. The molecule has 4 heteroatoms. The van der Waals surface area contributed by atoms with E-state index >= 15 is 0 Å². The van der Waals surface area contributed by atoms with Crippen molar-refractivity contribution in [2.24, 2.45) is 5.92 Å². The molecule has 160 valence electrons. The third kappa shape index (κ3) is 5.48. The molecule has 3 rings (SSSR count). The first-order chi connectivity index (χ1) is 14.3. The Bertz CT molecular complexity index is 812. The number of halogens is 2. The lowest BCUT2D eigenvalue weighted by atomic mass is 9.87. The van der Waals surface area contributed by atoms with E-state index in [9.17, 15) is 0 Å². The lowest BCUT2D eigenvalue weighted by Gasteiger charge is -2.46. The molecule has 0 N–H and O–H groups in total. The van der Waals surface area contributed by atoms with Gasteiger partial charge < -0.3 is 4.43 Å². The van der Waals surface area contributed by atoms with Crippen molar-refractivity contribution in [3.63, 3.8) is 0 Å². The second-order valence-electron chi connectivity index (χ2n) is 9.17. The quantitative estimate of drug-likeness (QED) is 0.334. The van der Waals surface area contributed by atoms with Gasteiger partial charge in [-0.3, -0.25) is 0 Å². The van der Waals surface area contributed by atoms with Crippen molar-refractivity contribution in [3.8, 4) is 0 Å². The minimum atomic E-state index is -2.49. The van der Waals surface area contributed by atoms with E-state index in [1.807, 2.05) is 6.08 Å². The fourth-order valence-electron chi connectivity index (χ4n) is 4.69. The summed E-state index contributed by atoms with van der Waals surface area (Å²) >= 11 is 11.5. The highest BCUT2D eigenvalue weighted by Gasteiger charge is 2.51. The smallest absolute Gasteiger partial charge is 0.261 e. The van der Waals surface area contributed by atoms with Gasteiger partial charge in [0.2, 0.25) is 0 Å². The third-order valence-corrected chi connectivity index (χ3v) is 11.4. The van der Waals surface area contributed by atoms with Gasteiger partial charge in [-0.15, -0.1) is 0 Å². The van der Waals surface area contributed by atoms with Gasteiger partial charge in [0.25, 0.3) is 8.32 Å². The molecule has 0 bridgehead atoms. The van der Waals surface area contributed by atoms with Crippen LogP contribution in [0.5, 0.6) is 0 Å². The lowest BCUT2D eigenvalue weighted by molar-refractivity contribution is 0.126. The van der Waals surface area contributed by atoms with Gasteiger partial charge in [-0.2, -0.15) is 0 Å². The molecular formula is C26H32Cl2OSi. The molecule has 1 fully saturated rings. The van der Waals surface area contributed by atoms with Crippen LogP contribution in [0.2, 0.25) is 5.04 Å². The van der Waals surface area contributed by atoms with Crippen LogP contribution in [-0.4, -0.2) is 14.4 Å². The number of benzene rings is 2. The van der Waals surface area contributed by atoms with E-state index in [-0.39, 0.29) is 11.1 Å². The molecule has 2 aromatic rings. The molecule has 1 saturated carbocycles. The van der Waals surface area contributed by atoms with Crippen LogP contribution in [0.25, 0.3) is 0 Å². The van der Waals surface area contributed by atoms with E-state index in [1.54, 1.807) is 6.08 Å². The highest BCUT2D eigenvalue weighted by atomic mass is 35.5. The van der Waals surface area contributed by atoms with Gasteiger partial charge >= 0.3 is 0 Å². The predicted molar refractivity (Wildman–Crippen MR) is 133 cm³/mol. The Kier molecular flexibility index (Phi) is 8.03. The molecule has 0 aliphatic heterocycles. The fraction of sp³-hybridized carbons (Fsp3) is 0.385. The Morgan fingerprint density at radius 3 is 2.00 bits per heavy atom. The Balaban J connectivity index is 1.97. The SMILES string of the molecule is CC(C)(C)[Si](O[C@H]1CCC[C@@H](/C=C\C=C(Cl)Cl)C1)(c1ccccc1)c1ccccc1. The number of allylic oxidation sites excluding steroid dienone is 3. The Labute approximate surface area is 192 Å². The first-order valence-corrected chi connectivity index (χ1v) is 13.5. The van der Waals surface area contributed by atoms with Crippen LogP contribution < -0.4 is 10.4 Å². The molecule has 2 atom stereocenters. The summed E-state index contributed by atoms with van der Waals surface area (Å²) < 4.78 is 7.60. The first kappa shape index (κ1) is 23.3. The largest absolute Gasteiger partial charge is 0.404 e. The van der Waals surface area contributed by atoms with Crippen LogP contribution in [0, 0.1) is 5.92 Å². The number of hydrogen-bond donors (Lipinski definition) is 0. The van der Waals surface area contributed by atoms with Crippen molar-refractivity contribution >= 4 is 41.9 Å². The van der Waals surface area contributed by atoms with Crippen molar-refractivity contribution in [1.82, 2.24) is 0 Å². The van der Waals surface area contributed by atoms with Gasteiger partial charge in [0.05, 0.1) is 0 Å². The third-order valence-electron chi connectivity index (χ3n) is 6.03. The second kappa shape index (κ2) is 10.3. The van der Waals surface area contributed by atoms with Gasteiger partial charge in [-0.1, -0.05) is 123 Å². The Morgan fingerprint density at radius 1 is 0.933 bits per heavy atom. The fourth-order valence-corrected chi connectivity index (χ4v) is 9.56. The monoisotopic (exact) mass is 458 g/mol. The average molecular weight is 460 g/mol. The normalized spacial score (nSPS) is 20.3. The lowest BCUT2D eigenvalue weighted by Crippen LogP contribution is -2.67. The molecule has 0 aromatic heterocycles. The van der Waals surface area contributed by atoms with E-state index in [0.29, 0.717) is 10.4 Å². The minimum Gasteiger partial charge on any atom is -0.404 e. The number of rotatable bonds is 6. The van der Waals surface area contributed by atoms with E-state index in [2.05, 4.69) is 87.5 Å². The van der Waals surface area contributed by atoms with E-state index < -0.39 is 8.32 Å². The van der Waals surface area contributed by atoms with Crippen LogP contribution in [0.3, 0.4) is 0 Å². The van der Waals surface area contributed by atoms with E-state index in [1.165, 1.54) is 23.2 Å². The molecule has 1 aliphatic carbocycles. The van der Waals surface area contributed by atoms with Crippen LogP contribution in [0.1, 0.15) is 46.5 Å². The van der Waals surface area contributed by atoms with Gasteiger partial charge in [-0.25, -0.2) is 0 Å². The molecule has 0 saturated heterocycles. The minimum absolute atomic E-state index is 0.00732. The summed E-state index contributed by atoms with van der Waals surface area (Å²) in [5.41, 5.74) is 0. The molecule has 30 heavy (non-hydrogen) atoms. The van der Waals surface area contributed by atoms with Crippen LogP contribution in [-0.2, 0) is 4.43 Å². The summed E-state index contributed by atoms with van der Waals surface area (Å²) in [6.45, 7) is 7.02. The number of hydrogen-bond acceptors (Lipinski definition) is 1. The maximum absolute atomic E-state index is 7.31. The van der Waals surface area contributed by atoms with Crippen molar-refractivity contribution in [2.75, 3.05) is 0 Å². The second-order valence-corrected chi connectivity index (χ2v) is 14.4. The van der Waals surface area contributed by atoms with Crippen molar-refractivity contribution in [1.29, 1.82) is 0 Å². The molecule has 0 radical (unpaired) electrons. The van der Waals surface area contributed by atoms with Crippen LogP contribution in [0.4, 0.5) is 0 Å².